The smallest absolute Gasteiger partial charge is 0.339 e. The predicted octanol–water partition coefficient (Wildman–Crippen LogP) is 3.92. The van der Waals surface area contributed by atoms with E-state index < -0.39 is 0 Å². The van der Waals surface area contributed by atoms with Crippen LogP contribution in [0, 0.1) is 6.92 Å². The summed E-state index contributed by atoms with van der Waals surface area (Å²) in [6.45, 7) is 1.99. The van der Waals surface area contributed by atoms with Gasteiger partial charge in [0.05, 0.1) is 5.56 Å². The van der Waals surface area contributed by atoms with E-state index in [2.05, 4.69) is 0 Å². The van der Waals surface area contributed by atoms with Crippen molar-refractivity contribution in [2.45, 2.75) is 13.0 Å². The average molecular weight is 250 g/mol. The molecule has 0 saturated carbocycles. The molecule has 2 heteroatoms. The lowest BCUT2D eigenvalue weighted by Crippen LogP contribution is -2.09. The zero-order valence-electron chi connectivity index (χ0n) is 10.7. The number of carbonyl (C=O) groups excluding carboxylic acids is 1. The Morgan fingerprint density at radius 3 is 2.58 bits per heavy atom. The van der Waals surface area contributed by atoms with Crippen LogP contribution >= 0.6 is 0 Å². The highest BCUT2D eigenvalue weighted by atomic mass is 16.5. The molecule has 0 spiro atoms. The van der Waals surface area contributed by atoms with Gasteiger partial charge in [-0.3, -0.25) is 0 Å². The van der Waals surface area contributed by atoms with Crippen molar-refractivity contribution in [1.82, 2.24) is 0 Å². The number of benzene rings is 2. The van der Waals surface area contributed by atoms with Gasteiger partial charge in [-0.2, -0.15) is 0 Å². The van der Waals surface area contributed by atoms with E-state index in [1.807, 2.05) is 55.5 Å². The molecule has 0 bridgehead atoms. The first-order chi connectivity index (χ1) is 9.24. The zero-order valence-corrected chi connectivity index (χ0v) is 10.7. The van der Waals surface area contributed by atoms with Gasteiger partial charge in [-0.25, -0.2) is 4.79 Å². The summed E-state index contributed by atoms with van der Waals surface area (Å²) in [6.07, 6.45) is 3.63. The van der Waals surface area contributed by atoms with Gasteiger partial charge in [0.1, 0.15) is 6.10 Å². The van der Waals surface area contributed by atoms with Crippen LogP contribution in [0.5, 0.6) is 0 Å². The minimum absolute atomic E-state index is 0.273. The van der Waals surface area contributed by atoms with Crippen molar-refractivity contribution < 1.29 is 9.53 Å². The molecule has 0 heterocycles. The molecule has 2 aromatic carbocycles. The van der Waals surface area contributed by atoms with Gasteiger partial charge in [0.2, 0.25) is 0 Å². The number of ether oxygens (including phenoxy) is 1. The number of fused-ring (bicyclic) bond motifs is 1. The van der Waals surface area contributed by atoms with Crippen molar-refractivity contribution in [2.24, 2.45) is 0 Å². The Hall–Kier alpha value is -2.35. The zero-order chi connectivity index (χ0) is 13.2. The molecule has 0 aromatic heterocycles. The average Bonchev–Trinajstić information content (AvgIpc) is 2.83. The van der Waals surface area contributed by atoms with E-state index in [1.54, 1.807) is 12.1 Å². The molecule has 0 radical (unpaired) electrons. The van der Waals surface area contributed by atoms with Crippen molar-refractivity contribution in [3.63, 3.8) is 0 Å². The van der Waals surface area contributed by atoms with Gasteiger partial charge in [0.25, 0.3) is 0 Å². The molecule has 0 fully saturated rings. The summed E-state index contributed by atoms with van der Waals surface area (Å²) in [7, 11) is 0. The van der Waals surface area contributed by atoms with Crippen molar-refractivity contribution in [1.29, 1.82) is 0 Å². The van der Waals surface area contributed by atoms with Crippen molar-refractivity contribution in [3.05, 3.63) is 76.9 Å². The standard InChI is InChI=1S/C17H14O2/c1-12-6-8-14(9-7-12)17(18)19-16-11-10-13-4-2-3-5-15(13)16/h2-11,16H,1H3. The number of hydrogen-bond donors (Lipinski definition) is 0. The highest BCUT2D eigenvalue weighted by molar-refractivity contribution is 5.90. The van der Waals surface area contributed by atoms with Crippen LogP contribution < -0.4 is 0 Å². The Bertz CT molecular complexity index is 639. The predicted molar refractivity (Wildman–Crippen MR) is 74.8 cm³/mol. The number of aryl methyl sites for hydroxylation is 1. The SMILES string of the molecule is Cc1ccc(C(=O)OC2C=Cc3ccccc32)cc1. The van der Waals surface area contributed by atoms with Crippen molar-refractivity contribution >= 4 is 12.0 Å². The van der Waals surface area contributed by atoms with Crippen LogP contribution in [0.1, 0.15) is 33.2 Å². The van der Waals surface area contributed by atoms with E-state index >= 15 is 0 Å². The summed E-state index contributed by atoms with van der Waals surface area (Å²) in [5, 5.41) is 0. The number of hydrogen-bond acceptors (Lipinski definition) is 2. The van der Waals surface area contributed by atoms with Gasteiger partial charge in [-0.1, -0.05) is 48.0 Å². The summed E-state index contributed by atoms with van der Waals surface area (Å²) < 4.78 is 5.54. The first-order valence-corrected chi connectivity index (χ1v) is 6.29. The first kappa shape index (κ1) is 11.7. The Balaban J connectivity index is 1.78. The Labute approximate surface area is 112 Å². The van der Waals surface area contributed by atoms with Crippen molar-refractivity contribution in [3.8, 4) is 0 Å². The molecular formula is C17H14O2. The quantitative estimate of drug-likeness (QED) is 0.755. The lowest BCUT2D eigenvalue weighted by atomic mass is 10.1. The maximum Gasteiger partial charge on any atom is 0.339 e. The first-order valence-electron chi connectivity index (χ1n) is 6.29. The fraction of sp³-hybridized carbons (Fsp3) is 0.118. The van der Waals surface area contributed by atoms with Crippen LogP contribution in [0.25, 0.3) is 6.08 Å². The van der Waals surface area contributed by atoms with Gasteiger partial charge in [-0.05, 0) is 30.7 Å². The molecule has 94 valence electrons. The molecule has 1 unspecified atom stereocenters. The van der Waals surface area contributed by atoms with E-state index in [1.165, 1.54) is 0 Å². The maximum atomic E-state index is 12.1. The van der Waals surface area contributed by atoms with Gasteiger partial charge in [-0.15, -0.1) is 0 Å². The molecule has 0 N–H and O–H groups in total. The lowest BCUT2D eigenvalue weighted by Gasteiger charge is -2.12. The number of rotatable bonds is 2. The highest BCUT2D eigenvalue weighted by Gasteiger charge is 2.21. The Kier molecular flexibility index (Phi) is 2.92. The van der Waals surface area contributed by atoms with E-state index in [0.29, 0.717) is 5.56 Å². The summed E-state index contributed by atoms with van der Waals surface area (Å²) in [4.78, 5) is 12.1. The second-order valence-electron chi connectivity index (χ2n) is 4.68. The van der Waals surface area contributed by atoms with Gasteiger partial charge < -0.3 is 4.74 Å². The topological polar surface area (TPSA) is 26.3 Å². The van der Waals surface area contributed by atoms with E-state index in [-0.39, 0.29) is 12.1 Å². The summed E-state index contributed by atoms with van der Waals surface area (Å²) in [6, 6.07) is 15.4. The third-order valence-electron chi connectivity index (χ3n) is 3.27. The van der Waals surface area contributed by atoms with Crippen LogP contribution in [0.15, 0.2) is 54.6 Å². The molecule has 2 nitrogen and oxygen atoms in total. The molecule has 1 aliphatic carbocycles. The fourth-order valence-electron chi connectivity index (χ4n) is 2.19. The number of carbonyl (C=O) groups is 1. The van der Waals surface area contributed by atoms with Crippen LogP contribution in [0.3, 0.4) is 0 Å². The highest BCUT2D eigenvalue weighted by Crippen LogP contribution is 2.31. The van der Waals surface area contributed by atoms with E-state index in [9.17, 15) is 4.79 Å². The van der Waals surface area contributed by atoms with Gasteiger partial charge >= 0.3 is 5.97 Å². The van der Waals surface area contributed by atoms with Crippen LogP contribution in [-0.4, -0.2) is 5.97 Å². The van der Waals surface area contributed by atoms with E-state index in [4.69, 9.17) is 4.74 Å². The van der Waals surface area contributed by atoms with Crippen LogP contribution in [-0.2, 0) is 4.74 Å². The summed E-state index contributed by atoms with van der Waals surface area (Å²) in [5.41, 5.74) is 3.87. The Morgan fingerprint density at radius 1 is 1.05 bits per heavy atom. The second kappa shape index (κ2) is 4.73. The minimum atomic E-state index is -0.286. The van der Waals surface area contributed by atoms with Crippen LogP contribution in [0.4, 0.5) is 0 Å². The molecule has 3 rings (SSSR count). The number of esters is 1. The third kappa shape index (κ3) is 2.29. The van der Waals surface area contributed by atoms with Gasteiger partial charge in [0, 0.05) is 5.56 Å². The molecule has 1 atom stereocenters. The van der Waals surface area contributed by atoms with E-state index in [0.717, 1.165) is 16.7 Å². The summed E-state index contributed by atoms with van der Waals surface area (Å²) >= 11 is 0. The molecule has 0 aliphatic heterocycles. The van der Waals surface area contributed by atoms with Gasteiger partial charge in [0.15, 0.2) is 0 Å². The minimum Gasteiger partial charge on any atom is -0.450 e. The normalized spacial score (nSPS) is 16.2. The largest absolute Gasteiger partial charge is 0.450 e. The molecular weight excluding hydrogens is 236 g/mol. The Morgan fingerprint density at radius 2 is 1.79 bits per heavy atom. The molecule has 1 aliphatic rings. The van der Waals surface area contributed by atoms with Crippen molar-refractivity contribution in [2.75, 3.05) is 0 Å². The van der Waals surface area contributed by atoms with Crippen LogP contribution in [0.2, 0.25) is 0 Å². The third-order valence-corrected chi connectivity index (χ3v) is 3.27. The molecule has 2 aromatic rings. The summed E-state index contributed by atoms with van der Waals surface area (Å²) in [5.74, 6) is -0.286. The molecule has 19 heavy (non-hydrogen) atoms. The molecule has 0 saturated heterocycles. The monoisotopic (exact) mass is 250 g/mol. The lowest BCUT2D eigenvalue weighted by molar-refractivity contribution is 0.0397. The molecule has 0 amide bonds. The second-order valence-corrected chi connectivity index (χ2v) is 4.68. The fourth-order valence-corrected chi connectivity index (χ4v) is 2.19. The maximum absolute atomic E-state index is 12.1.